The minimum atomic E-state index is -1.21. The molecule has 19 heavy (non-hydrogen) atoms. The lowest BCUT2D eigenvalue weighted by atomic mass is 10.3. The summed E-state index contributed by atoms with van der Waals surface area (Å²) in [5, 5.41) is 11.0. The number of amides is 2. The first kappa shape index (κ1) is 14.4. The summed E-state index contributed by atoms with van der Waals surface area (Å²) in [5.41, 5.74) is 0.634. The van der Waals surface area contributed by atoms with E-state index < -0.39 is 11.9 Å². The van der Waals surface area contributed by atoms with Crippen molar-refractivity contribution < 1.29 is 19.5 Å². The number of carboxylic acids is 1. The van der Waals surface area contributed by atoms with E-state index >= 15 is 0 Å². The topological polar surface area (TPSA) is 86.7 Å². The summed E-state index contributed by atoms with van der Waals surface area (Å²) < 4.78 is 0. The van der Waals surface area contributed by atoms with Crippen LogP contribution in [0.3, 0.4) is 0 Å². The molecule has 0 spiro atoms. The Morgan fingerprint density at radius 1 is 1.21 bits per heavy atom. The summed E-state index contributed by atoms with van der Waals surface area (Å²) in [6.07, 6.45) is 1.63. The second-order valence-electron chi connectivity index (χ2n) is 3.78. The molecule has 100 valence electrons. The van der Waals surface area contributed by atoms with Crippen molar-refractivity contribution in [1.29, 1.82) is 0 Å². The number of hydrogen-bond acceptors (Lipinski definition) is 3. The summed E-state index contributed by atoms with van der Waals surface area (Å²) in [6, 6.07) is 8.83. The molecule has 0 aliphatic rings. The van der Waals surface area contributed by atoms with Crippen molar-refractivity contribution in [3.63, 3.8) is 0 Å². The molecule has 0 bridgehead atoms. The van der Waals surface area contributed by atoms with E-state index in [-0.39, 0.29) is 12.5 Å². The fourth-order valence-electron chi connectivity index (χ4n) is 1.29. The summed E-state index contributed by atoms with van der Waals surface area (Å²) in [4.78, 5) is 34.4. The third-order valence-corrected chi connectivity index (χ3v) is 2.18. The van der Waals surface area contributed by atoms with E-state index in [0.29, 0.717) is 5.69 Å². The van der Waals surface area contributed by atoms with Crippen LogP contribution in [0.5, 0.6) is 0 Å². The fraction of sp³-hybridized carbons (Fsp3) is 0.154. The van der Waals surface area contributed by atoms with Crippen LogP contribution in [0.2, 0.25) is 0 Å². The van der Waals surface area contributed by atoms with Crippen LogP contribution in [0.4, 0.5) is 5.69 Å². The first-order valence-corrected chi connectivity index (χ1v) is 5.50. The number of carbonyl (C=O) groups is 3. The lowest BCUT2D eigenvalue weighted by Gasteiger charge is -2.14. The number of anilines is 1. The maximum absolute atomic E-state index is 11.6. The van der Waals surface area contributed by atoms with E-state index in [0.717, 1.165) is 17.1 Å². The van der Waals surface area contributed by atoms with Crippen LogP contribution in [0, 0.1) is 0 Å². The van der Waals surface area contributed by atoms with Gasteiger partial charge in [0.2, 0.25) is 11.8 Å². The number of benzene rings is 1. The molecule has 0 radical (unpaired) electrons. The van der Waals surface area contributed by atoms with E-state index in [1.54, 1.807) is 24.3 Å². The lowest BCUT2D eigenvalue weighted by Crippen LogP contribution is -2.33. The summed E-state index contributed by atoms with van der Waals surface area (Å²) >= 11 is 0. The van der Waals surface area contributed by atoms with Gasteiger partial charge < -0.3 is 15.3 Å². The van der Waals surface area contributed by atoms with Crippen LogP contribution < -0.4 is 5.32 Å². The number of likely N-dealkylation sites (N-methyl/N-ethyl adjacent to an activating group) is 1. The van der Waals surface area contributed by atoms with Gasteiger partial charge in [-0.05, 0) is 12.1 Å². The van der Waals surface area contributed by atoms with Gasteiger partial charge in [-0.1, -0.05) is 18.2 Å². The van der Waals surface area contributed by atoms with Gasteiger partial charge in [0.1, 0.15) is 0 Å². The van der Waals surface area contributed by atoms with Crippen LogP contribution in [-0.4, -0.2) is 41.4 Å². The van der Waals surface area contributed by atoms with Crippen molar-refractivity contribution in [3.8, 4) is 0 Å². The molecule has 1 aromatic rings. The first-order chi connectivity index (χ1) is 8.99. The molecule has 0 fully saturated rings. The normalized spacial score (nSPS) is 10.2. The van der Waals surface area contributed by atoms with Gasteiger partial charge in [0.05, 0.1) is 6.54 Å². The molecule has 0 aromatic heterocycles. The Morgan fingerprint density at radius 2 is 1.84 bits per heavy atom. The highest BCUT2D eigenvalue weighted by atomic mass is 16.4. The second-order valence-corrected chi connectivity index (χ2v) is 3.78. The molecule has 0 aliphatic carbocycles. The highest BCUT2D eigenvalue weighted by Crippen LogP contribution is 2.04. The number of aliphatic carboxylic acids is 1. The average molecular weight is 262 g/mol. The summed E-state index contributed by atoms with van der Waals surface area (Å²) in [7, 11) is 1.42. The van der Waals surface area contributed by atoms with Gasteiger partial charge in [-0.2, -0.15) is 0 Å². The smallest absolute Gasteiger partial charge is 0.328 e. The Morgan fingerprint density at radius 3 is 2.42 bits per heavy atom. The minimum absolute atomic E-state index is 0.155. The highest BCUT2D eigenvalue weighted by Gasteiger charge is 2.10. The zero-order valence-corrected chi connectivity index (χ0v) is 10.4. The van der Waals surface area contributed by atoms with E-state index in [1.807, 2.05) is 6.07 Å². The largest absolute Gasteiger partial charge is 0.478 e. The molecule has 2 amide bonds. The molecule has 1 rings (SSSR count). The van der Waals surface area contributed by atoms with Crippen molar-refractivity contribution in [3.05, 3.63) is 42.5 Å². The number of rotatable bonds is 5. The predicted octanol–water partition coefficient (Wildman–Crippen LogP) is 0.724. The Bertz CT molecular complexity index is 497. The van der Waals surface area contributed by atoms with Gasteiger partial charge in [0.25, 0.3) is 0 Å². The molecular weight excluding hydrogens is 248 g/mol. The quantitative estimate of drug-likeness (QED) is 0.766. The third kappa shape index (κ3) is 5.49. The Balaban J connectivity index is 2.48. The third-order valence-electron chi connectivity index (χ3n) is 2.18. The van der Waals surface area contributed by atoms with Crippen LogP contribution in [0.15, 0.2) is 42.5 Å². The standard InChI is InChI=1S/C13H14N2O4/c1-15(12(17)7-8-13(18)19)9-11(16)14-10-5-3-2-4-6-10/h2-8H,9H2,1H3,(H,14,16)(H,18,19)/b8-7+. The van der Waals surface area contributed by atoms with E-state index in [9.17, 15) is 14.4 Å². The Hall–Kier alpha value is -2.63. The monoisotopic (exact) mass is 262 g/mol. The SMILES string of the molecule is CN(CC(=O)Nc1ccccc1)C(=O)/C=C/C(=O)O. The van der Waals surface area contributed by atoms with Crippen LogP contribution in [0.25, 0.3) is 0 Å². The van der Waals surface area contributed by atoms with Gasteiger partial charge in [-0.15, -0.1) is 0 Å². The van der Waals surface area contributed by atoms with Crippen molar-refractivity contribution in [2.75, 3.05) is 18.9 Å². The number of carbonyl (C=O) groups excluding carboxylic acids is 2. The molecule has 0 atom stereocenters. The molecule has 0 saturated heterocycles. The van der Waals surface area contributed by atoms with Gasteiger partial charge in [-0.3, -0.25) is 9.59 Å². The van der Waals surface area contributed by atoms with Crippen LogP contribution in [-0.2, 0) is 14.4 Å². The summed E-state index contributed by atoms with van der Waals surface area (Å²) in [5.74, 6) is -2.12. The molecule has 2 N–H and O–H groups in total. The molecule has 6 nitrogen and oxygen atoms in total. The van der Waals surface area contributed by atoms with Gasteiger partial charge in [-0.25, -0.2) is 4.79 Å². The van der Waals surface area contributed by atoms with Gasteiger partial charge >= 0.3 is 5.97 Å². The van der Waals surface area contributed by atoms with E-state index in [2.05, 4.69) is 5.32 Å². The molecule has 6 heteroatoms. The Labute approximate surface area is 110 Å². The van der Waals surface area contributed by atoms with Crippen molar-refractivity contribution >= 4 is 23.5 Å². The molecular formula is C13H14N2O4. The van der Waals surface area contributed by atoms with Gasteiger partial charge in [0, 0.05) is 24.9 Å². The molecule has 1 aromatic carbocycles. The van der Waals surface area contributed by atoms with Crippen molar-refractivity contribution in [1.82, 2.24) is 4.90 Å². The van der Waals surface area contributed by atoms with Crippen molar-refractivity contribution in [2.24, 2.45) is 0 Å². The maximum Gasteiger partial charge on any atom is 0.328 e. The lowest BCUT2D eigenvalue weighted by molar-refractivity contribution is -0.132. The van der Waals surface area contributed by atoms with Crippen LogP contribution >= 0.6 is 0 Å². The second kappa shape index (κ2) is 6.95. The molecule has 0 heterocycles. The maximum atomic E-state index is 11.6. The number of hydrogen-bond donors (Lipinski definition) is 2. The van der Waals surface area contributed by atoms with Gasteiger partial charge in [0.15, 0.2) is 0 Å². The zero-order valence-electron chi connectivity index (χ0n) is 10.4. The Kier molecular flexibility index (Phi) is 5.28. The number of nitrogens with one attached hydrogen (secondary N) is 1. The van der Waals surface area contributed by atoms with Crippen LogP contribution in [0.1, 0.15) is 0 Å². The van der Waals surface area contributed by atoms with E-state index in [1.165, 1.54) is 7.05 Å². The average Bonchev–Trinajstić information content (AvgIpc) is 2.36. The number of carboxylic acid groups (broad SMARTS) is 1. The minimum Gasteiger partial charge on any atom is -0.478 e. The highest BCUT2D eigenvalue weighted by molar-refractivity contribution is 5.98. The number of nitrogens with zero attached hydrogens (tertiary/aromatic N) is 1. The molecule has 0 saturated carbocycles. The zero-order chi connectivity index (χ0) is 14.3. The summed E-state index contributed by atoms with van der Waals surface area (Å²) in [6.45, 7) is -0.155. The van der Waals surface area contributed by atoms with Crippen molar-refractivity contribution in [2.45, 2.75) is 0 Å². The number of para-hydroxylation sites is 1. The first-order valence-electron chi connectivity index (χ1n) is 5.50. The fourth-order valence-corrected chi connectivity index (χ4v) is 1.29. The predicted molar refractivity (Wildman–Crippen MR) is 69.5 cm³/mol. The van der Waals surface area contributed by atoms with E-state index in [4.69, 9.17) is 5.11 Å². The molecule has 0 unspecified atom stereocenters. The molecule has 0 aliphatic heterocycles.